The van der Waals surface area contributed by atoms with Gasteiger partial charge >= 0.3 is 5.91 Å². The Morgan fingerprint density at radius 1 is 1.12 bits per heavy atom. The third kappa shape index (κ3) is 6.28. The number of piperidine rings is 1. The van der Waals surface area contributed by atoms with Gasteiger partial charge in [0.1, 0.15) is 18.6 Å². The van der Waals surface area contributed by atoms with Gasteiger partial charge in [0.25, 0.3) is 11.8 Å². The molecule has 212 valence electrons. The van der Waals surface area contributed by atoms with Crippen LogP contribution < -0.4 is 5.73 Å². The number of likely N-dealkylation sites (N-methyl/N-ethyl adjacent to an activating group) is 1. The Kier molecular flexibility index (Phi) is 7.63. The monoisotopic (exact) mass is 580 g/mol. The van der Waals surface area contributed by atoms with E-state index in [4.69, 9.17) is 21.8 Å². The van der Waals surface area contributed by atoms with E-state index in [-0.39, 0.29) is 42.2 Å². The average Bonchev–Trinajstić information content (AvgIpc) is 3.34. The summed E-state index contributed by atoms with van der Waals surface area (Å²) in [6, 6.07) is 10.4. The number of halogens is 3. The van der Waals surface area contributed by atoms with Gasteiger partial charge in [-0.3, -0.25) is 14.3 Å². The van der Waals surface area contributed by atoms with E-state index < -0.39 is 5.92 Å². The molecule has 41 heavy (non-hydrogen) atoms. The van der Waals surface area contributed by atoms with Crippen LogP contribution in [-0.2, 0) is 11.3 Å². The molecule has 1 aliphatic heterocycles. The molecule has 1 fully saturated rings. The maximum absolute atomic E-state index is 13.5. The summed E-state index contributed by atoms with van der Waals surface area (Å²) in [7, 11) is 3.61. The number of likely N-dealkylation sites (tertiary alicyclic amines) is 1. The first-order chi connectivity index (χ1) is 19.4. The van der Waals surface area contributed by atoms with Crippen LogP contribution >= 0.6 is 11.6 Å². The van der Waals surface area contributed by atoms with Gasteiger partial charge < -0.3 is 15.1 Å². The summed E-state index contributed by atoms with van der Waals surface area (Å²) < 4.78 is 32.7. The van der Waals surface area contributed by atoms with Crippen molar-refractivity contribution < 1.29 is 27.3 Å². The molecule has 3 aromatic heterocycles. The first-order valence-corrected chi connectivity index (χ1v) is 13.4. The number of pyridine rings is 2. The molecular formula is C30H29ClF2N5O3+. The number of nitrogens with zero attached hydrogens (tertiary/aromatic N) is 4. The minimum Gasteiger partial charge on any atom is -0.462 e. The molecule has 4 aromatic rings. The average molecular weight is 581 g/mol. The van der Waals surface area contributed by atoms with Crippen LogP contribution in [0.25, 0.3) is 28.3 Å². The number of quaternary nitrogens is 1. The summed E-state index contributed by atoms with van der Waals surface area (Å²) in [5.41, 5.74) is 9.28. The highest BCUT2D eigenvalue weighted by atomic mass is 35.5. The van der Waals surface area contributed by atoms with E-state index in [2.05, 4.69) is 9.97 Å². The first-order valence-electron chi connectivity index (χ1n) is 13.0. The SMILES string of the molecule is C[N+](C)(Cc1coc2c(Cl)cc(-c3ccc(C(=O)N4CCC(F)(F)CC4)cn3)cc12)C(=O)C=Cc1ccc(N)nc1. The van der Waals surface area contributed by atoms with Gasteiger partial charge in [-0.2, -0.15) is 0 Å². The van der Waals surface area contributed by atoms with Gasteiger partial charge in [-0.25, -0.2) is 18.6 Å². The summed E-state index contributed by atoms with van der Waals surface area (Å²) in [5, 5.41) is 1.13. The van der Waals surface area contributed by atoms with Gasteiger partial charge in [0.2, 0.25) is 0 Å². The van der Waals surface area contributed by atoms with Crippen LogP contribution in [0, 0.1) is 0 Å². The quantitative estimate of drug-likeness (QED) is 0.228. The molecule has 1 saturated heterocycles. The minimum absolute atomic E-state index is 0.00880. The van der Waals surface area contributed by atoms with Crippen molar-refractivity contribution in [2.75, 3.05) is 32.9 Å². The zero-order valence-corrected chi connectivity index (χ0v) is 23.4. The van der Waals surface area contributed by atoms with Crippen molar-refractivity contribution in [2.24, 2.45) is 0 Å². The number of nitrogens with two attached hydrogens (primary N) is 1. The molecule has 0 saturated carbocycles. The molecule has 0 aliphatic carbocycles. The fourth-order valence-electron chi connectivity index (χ4n) is 4.71. The molecule has 11 heteroatoms. The maximum atomic E-state index is 13.5. The van der Waals surface area contributed by atoms with E-state index in [1.807, 2.05) is 6.07 Å². The Labute approximate surface area is 240 Å². The van der Waals surface area contributed by atoms with Crippen LogP contribution in [0.15, 0.2) is 65.5 Å². The number of furan rings is 1. The molecule has 8 nitrogen and oxygen atoms in total. The summed E-state index contributed by atoms with van der Waals surface area (Å²) in [6.07, 6.45) is 7.16. The number of carbonyl (C=O) groups is 2. The van der Waals surface area contributed by atoms with Gasteiger partial charge in [0.15, 0.2) is 5.58 Å². The molecule has 1 aliphatic rings. The second-order valence-corrected chi connectivity index (χ2v) is 11.1. The first kappa shape index (κ1) is 28.4. The topological polar surface area (TPSA) is 102 Å². The Morgan fingerprint density at radius 3 is 2.54 bits per heavy atom. The Bertz CT molecular complexity index is 1620. The summed E-state index contributed by atoms with van der Waals surface area (Å²) >= 11 is 6.55. The molecular weight excluding hydrogens is 552 g/mol. The third-order valence-electron chi connectivity index (χ3n) is 7.19. The van der Waals surface area contributed by atoms with Gasteiger partial charge in [-0.1, -0.05) is 11.6 Å². The normalized spacial score (nSPS) is 15.5. The van der Waals surface area contributed by atoms with Crippen molar-refractivity contribution in [1.82, 2.24) is 14.9 Å². The third-order valence-corrected chi connectivity index (χ3v) is 7.47. The lowest BCUT2D eigenvalue weighted by atomic mass is 10.0. The van der Waals surface area contributed by atoms with E-state index >= 15 is 0 Å². The number of nitrogen functional groups attached to an aromatic ring is 1. The van der Waals surface area contributed by atoms with Gasteiger partial charge in [-0.15, -0.1) is 0 Å². The molecule has 5 rings (SSSR count). The fourth-order valence-corrected chi connectivity index (χ4v) is 4.98. The lowest BCUT2D eigenvalue weighted by Crippen LogP contribution is -2.43. The van der Waals surface area contributed by atoms with Crippen molar-refractivity contribution in [2.45, 2.75) is 25.3 Å². The maximum Gasteiger partial charge on any atom is 0.338 e. The fraction of sp³-hybridized carbons (Fsp3) is 0.267. The van der Waals surface area contributed by atoms with Crippen LogP contribution in [0.4, 0.5) is 14.6 Å². The highest BCUT2D eigenvalue weighted by molar-refractivity contribution is 6.35. The summed E-state index contributed by atoms with van der Waals surface area (Å²) in [4.78, 5) is 35.8. The predicted octanol–water partition coefficient (Wildman–Crippen LogP) is 5.81. The van der Waals surface area contributed by atoms with Crippen LogP contribution in [0.5, 0.6) is 0 Å². The lowest BCUT2D eigenvalue weighted by molar-refractivity contribution is -0.824. The van der Waals surface area contributed by atoms with Gasteiger partial charge in [0, 0.05) is 55.4 Å². The Balaban J connectivity index is 1.34. The van der Waals surface area contributed by atoms with Crippen molar-refractivity contribution in [1.29, 1.82) is 0 Å². The molecule has 0 unspecified atom stereocenters. The van der Waals surface area contributed by atoms with E-state index in [0.717, 1.165) is 16.5 Å². The molecule has 1 aromatic carbocycles. The smallest absolute Gasteiger partial charge is 0.338 e. The molecule has 2 N–H and O–H groups in total. The molecule has 0 bridgehead atoms. The summed E-state index contributed by atoms with van der Waals surface area (Å²) in [6.45, 7) is 0.357. The van der Waals surface area contributed by atoms with Crippen molar-refractivity contribution in [3.05, 3.63) is 82.8 Å². The van der Waals surface area contributed by atoms with Crippen LogP contribution in [0.1, 0.15) is 34.3 Å². The molecule has 4 heterocycles. The molecule has 0 radical (unpaired) electrons. The van der Waals surface area contributed by atoms with Gasteiger partial charge in [0.05, 0.1) is 35.9 Å². The number of anilines is 1. The second-order valence-electron chi connectivity index (χ2n) is 10.7. The molecule has 0 spiro atoms. The summed E-state index contributed by atoms with van der Waals surface area (Å²) in [5.74, 6) is -2.77. The highest BCUT2D eigenvalue weighted by Crippen LogP contribution is 2.34. The van der Waals surface area contributed by atoms with Crippen LogP contribution in [0.3, 0.4) is 0 Å². The number of hydrogen-bond acceptors (Lipinski definition) is 6. The van der Waals surface area contributed by atoms with E-state index in [1.165, 1.54) is 17.2 Å². The van der Waals surface area contributed by atoms with E-state index in [0.29, 0.717) is 39.8 Å². The number of rotatable bonds is 6. The van der Waals surface area contributed by atoms with Gasteiger partial charge in [-0.05, 0) is 48.0 Å². The second kappa shape index (κ2) is 11.0. The number of amides is 2. The van der Waals surface area contributed by atoms with Crippen molar-refractivity contribution in [3.8, 4) is 11.3 Å². The number of alkyl halides is 2. The van der Waals surface area contributed by atoms with E-state index in [1.54, 1.807) is 63.0 Å². The largest absolute Gasteiger partial charge is 0.462 e. The number of carbonyl (C=O) groups excluding carboxylic acids is 2. The number of benzene rings is 1. The van der Waals surface area contributed by atoms with Crippen LogP contribution in [0.2, 0.25) is 5.02 Å². The minimum atomic E-state index is -2.73. The van der Waals surface area contributed by atoms with Crippen molar-refractivity contribution in [3.63, 3.8) is 0 Å². The Hall–Kier alpha value is -4.15. The Morgan fingerprint density at radius 2 is 1.88 bits per heavy atom. The lowest BCUT2D eigenvalue weighted by Gasteiger charge is -2.31. The van der Waals surface area contributed by atoms with Crippen LogP contribution in [-0.4, -0.2) is 64.3 Å². The molecule has 2 amide bonds. The number of aromatic nitrogens is 2. The number of hydrogen-bond donors (Lipinski definition) is 1. The standard InChI is InChI=1S/C30H28ClF2N5O3/c1-38(2,27(39)8-4-19-3-7-26(34)36-15-19)17-22-18-41-28-23(22)13-21(14-24(28)31)25-6-5-20(16-35-25)29(40)37-11-9-30(32,33)10-12-37/h3-8,13-16,18H,9-12,17H2,1-2H3,(H-,34,36,39)/p+1. The number of fused-ring (bicyclic) bond motifs is 1. The molecule has 0 atom stereocenters. The zero-order chi connectivity index (χ0) is 29.4. The van der Waals surface area contributed by atoms with E-state index in [9.17, 15) is 18.4 Å². The van der Waals surface area contributed by atoms with Crippen molar-refractivity contribution >= 4 is 46.3 Å². The predicted molar refractivity (Wildman–Crippen MR) is 153 cm³/mol. The zero-order valence-electron chi connectivity index (χ0n) is 22.6. The highest BCUT2D eigenvalue weighted by Gasteiger charge is 2.36.